The summed E-state index contributed by atoms with van der Waals surface area (Å²) < 4.78 is 18.4. The first kappa shape index (κ1) is 22.1. The molecule has 1 aromatic heterocycles. The third kappa shape index (κ3) is 6.69. The van der Waals surface area contributed by atoms with Gasteiger partial charge < -0.3 is 15.4 Å². The highest BCUT2D eigenvalue weighted by Gasteiger charge is 2.26. The van der Waals surface area contributed by atoms with Crippen LogP contribution < -0.4 is 15.4 Å². The Morgan fingerprint density at radius 2 is 2.07 bits per heavy atom. The minimum absolute atomic E-state index is 0.289. The van der Waals surface area contributed by atoms with E-state index < -0.39 is 10.8 Å². The minimum Gasteiger partial charge on any atom is -0.474 e. The molecule has 2 aliphatic rings. The largest absolute Gasteiger partial charge is 0.474 e. The van der Waals surface area contributed by atoms with Crippen LogP contribution >= 0.6 is 0 Å². The summed E-state index contributed by atoms with van der Waals surface area (Å²) in [6.07, 6.45) is 11.0. The van der Waals surface area contributed by atoms with E-state index in [1.54, 1.807) is 6.20 Å². The fourth-order valence-electron chi connectivity index (χ4n) is 4.24. The van der Waals surface area contributed by atoms with E-state index in [0.717, 1.165) is 68.2 Å². The van der Waals surface area contributed by atoms with Crippen LogP contribution in [0.4, 0.5) is 0 Å². The predicted octanol–water partition coefficient (Wildman–Crippen LogP) is 3.54. The molecule has 0 aliphatic heterocycles. The quantitative estimate of drug-likeness (QED) is 0.497. The van der Waals surface area contributed by atoms with Crippen LogP contribution in [0.25, 0.3) is 0 Å². The number of nitrogens with zero attached hydrogens (tertiary/aromatic N) is 2. The summed E-state index contributed by atoms with van der Waals surface area (Å²) in [5.74, 6) is 2.28. The van der Waals surface area contributed by atoms with Crippen molar-refractivity contribution < 1.29 is 8.95 Å². The molecule has 7 heteroatoms. The Kier molecular flexibility index (Phi) is 8.77. The van der Waals surface area contributed by atoms with E-state index in [0.29, 0.717) is 17.8 Å². The summed E-state index contributed by atoms with van der Waals surface area (Å²) in [5.41, 5.74) is 1.02. The first-order valence-corrected chi connectivity index (χ1v) is 12.6. The van der Waals surface area contributed by atoms with Gasteiger partial charge in [-0.25, -0.2) is 9.98 Å². The molecule has 0 bridgehead atoms. The second kappa shape index (κ2) is 11.5. The number of ether oxygens (including phenoxy) is 1. The molecule has 3 rings (SSSR count). The van der Waals surface area contributed by atoms with Crippen molar-refractivity contribution in [1.82, 2.24) is 15.6 Å². The summed E-state index contributed by atoms with van der Waals surface area (Å²) in [5, 5.41) is 7.23. The van der Waals surface area contributed by atoms with Crippen molar-refractivity contribution in [3.8, 4) is 5.88 Å². The van der Waals surface area contributed by atoms with E-state index in [4.69, 9.17) is 9.73 Å². The number of aliphatic imine (C=N–C) groups is 1. The maximum atomic E-state index is 12.2. The minimum atomic E-state index is -0.717. The molecule has 2 saturated carbocycles. The molecule has 2 fully saturated rings. The van der Waals surface area contributed by atoms with Gasteiger partial charge in [0.25, 0.3) is 0 Å². The monoisotopic (exact) mass is 420 g/mol. The summed E-state index contributed by atoms with van der Waals surface area (Å²) in [6, 6.07) is 4.31. The van der Waals surface area contributed by atoms with E-state index in [2.05, 4.69) is 22.5 Å². The smallest absolute Gasteiger partial charge is 0.218 e. The first-order chi connectivity index (χ1) is 14.2. The molecule has 0 spiro atoms. The van der Waals surface area contributed by atoms with Crippen LogP contribution in [0.3, 0.4) is 0 Å². The standard InChI is InChI=1S/C22H36N4O2S/c1-3-23-22(26-18-10-7-13-20(15-18)29(27)4-2)25-16-17-9-8-14-24-21(17)28-19-11-5-6-12-19/h8-9,14,18-20H,3-7,10-13,15-16H2,1-2H3,(H2,23,25,26). The van der Waals surface area contributed by atoms with E-state index in [1.807, 2.05) is 19.1 Å². The lowest BCUT2D eigenvalue weighted by Crippen LogP contribution is -2.46. The Balaban J connectivity index is 1.62. The molecule has 3 atom stereocenters. The number of guanidine groups is 1. The van der Waals surface area contributed by atoms with Gasteiger partial charge in [-0.2, -0.15) is 0 Å². The predicted molar refractivity (Wildman–Crippen MR) is 120 cm³/mol. The molecule has 29 heavy (non-hydrogen) atoms. The Hall–Kier alpha value is -1.63. The zero-order valence-electron chi connectivity index (χ0n) is 17.9. The van der Waals surface area contributed by atoms with Crippen LogP contribution in [0.5, 0.6) is 5.88 Å². The molecule has 162 valence electrons. The maximum Gasteiger partial charge on any atom is 0.218 e. The molecule has 0 aromatic carbocycles. The van der Waals surface area contributed by atoms with Crippen LogP contribution in [0.15, 0.2) is 23.3 Å². The lowest BCUT2D eigenvalue weighted by Gasteiger charge is -2.30. The SMILES string of the molecule is CCNC(=NCc1cccnc1OC1CCCC1)NC1CCCC(S(=O)CC)C1. The number of nitrogens with one attached hydrogen (secondary N) is 2. The number of hydrogen-bond acceptors (Lipinski definition) is 4. The van der Waals surface area contributed by atoms with E-state index in [9.17, 15) is 4.21 Å². The molecule has 0 amide bonds. The molecular weight excluding hydrogens is 384 g/mol. The molecule has 1 heterocycles. The average molecular weight is 421 g/mol. The highest BCUT2D eigenvalue weighted by Crippen LogP contribution is 2.26. The fourth-order valence-corrected chi connectivity index (χ4v) is 5.59. The topological polar surface area (TPSA) is 75.6 Å². The molecule has 2 aliphatic carbocycles. The van der Waals surface area contributed by atoms with Crippen molar-refractivity contribution in [3.05, 3.63) is 23.9 Å². The number of rotatable bonds is 8. The van der Waals surface area contributed by atoms with Gasteiger partial charge in [0.2, 0.25) is 5.88 Å². The first-order valence-electron chi connectivity index (χ1n) is 11.2. The van der Waals surface area contributed by atoms with Gasteiger partial charge in [0, 0.05) is 46.1 Å². The Morgan fingerprint density at radius 1 is 1.24 bits per heavy atom. The molecule has 6 nitrogen and oxygen atoms in total. The van der Waals surface area contributed by atoms with Crippen molar-refractivity contribution in [1.29, 1.82) is 0 Å². The van der Waals surface area contributed by atoms with Crippen molar-refractivity contribution in [2.24, 2.45) is 4.99 Å². The second-order valence-electron chi connectivity index (χ2n) is 7.99. The summed E-state index contributed by atoms with van der Waals surface area (Å²) in [4.78, 5) is 9.26. The fraction of sp³-hybridized carbons (Fsp3) is 0.727. The zero-order chi connectivity index (χ0) is 20.5. The van der Waals surface area contributed by atoms with E-state index >= 15 is 0 Å². The third-order valence-corrected chi connectivity index (χ3v) is 7.55. The van der Waals surface area contributed by atoms with Gasteiger partial charge in [0.1, 0.15) is 6.10 Å². The third-order valence-electron chi connectivity index (χ3n) is 5.81. The molecule has 3 unspecified atom stereocenters. The number of pyridine rings is 1. The Bertz CT molecular complexity index is 691. The molecule has 0 saturated heterocycles. The highest BCUT2D eigenvalue weighted by atomic mass is 32.2. The lowest BCUT2D eigenvalue weighted by molar-refractivity contribution is 0.199. The maximum absolute atomic E-state index is 12.2. The zero-order valence-corrected chi connectivity index (χ0v) is 18.7. The van der Waals surface area contributed by atoms with Crippen molar-refractivity contribution in [2.75, 3.05) is 12.3 Å². The van der Waals surface area contributed by atoms with E-state index in [-0.39, 0.29) is 6.10 Å². The van der Waals surface area contributed by atoms with Gasteiger partial charge in [-0.3, -0.25) is 4.21 Å². The van der Waals surface area contributed by atoms with Gasteiger partial charge in [-0.05, 0) is 57.9 Å². The van der Waals surface area contributed by atoms with Gasteiger partial charge in [-0.15, -0.1) is 0 Å². The van der Waals surface area contributed by atoms with Gasteiger partial charge >= 0.3 is 0 Å². The highest BCUT2D eigenvalue weighted by molar-refractivity contribution is 7.85. The summed E-state index contributed by atoms with van der Waals surface area (Å²) in [7, 11) is -0.717. The Labute approximate surface area is 177 Å². The second-order valence-corrected chi connectivity index (χ2v) is 9.99. The van der Waals surface area contributed by atoms with E-state index in [1.165, 1.54) is 12.8 Å². The van der Waals surface area contributed by atoms with Crippen LogP contribution in [0, 0.1) is 0 Å². The average Bonchev–Trinajstić information content (AvgIpc) is 3.26. The van der Waals surface area contributed by atoms with Crippen molar-refractivity contribution in [2.45, 2.75) is 89.2 Å². The van der Waals surface area contributed by atoms with Gasteiger partial charge in [-0.1, -0.05) is 19.4 Å². The molecule has 2 N–H and O–H groups in total. The van der Waals surface area contributed by atoms with Crippen LogP contribution in [-0.4, -0.2) is 44.8 Å². The van der Waals surface area contributed by atoms with Crippen LogP contribution in [-0.2, 0) is 17.3 Å². The van der Waals surface area contributed by atoms with Crippen molar-refractivity contribution >= 4 is 16.8 Å². The Morgan fingerprint density at radius 3 is 2.83 bits per heavy atom. The molecule has 1 aromatic rings. The lowest BCUT2D eigenvalue weighted by atomic mass is 9.95. The van der Waals surface area contributed by atoms with Gasteiger partial charge in [0.05, 0.1) is 6.54 Å². The molecular formula is C22H36N4O2S. The van der Waals surface area contributed by atoms with Gasteiger partial charge in [0.15, 0.2) is 5.96 Å². The summed E-state index contributed by atoms with van der Waals surface area (Å²) >= 11 is 0. The number of aromatic nitrogens is 1. The molecule has 0 radical (unpaired) electrons. The van der Waals surface area contributed by atoms with Crippen molar-refractivity contribution in [3.63, 3.8) is 0 Å². The summed E-state index contributed by atoms with van der Waals surface area (Å²) in [6.45, 7) is 5.42. The number of hydrogen-bond donors (Lipinski definition) is 2. The van der Waals surface area contributed by atoms with Crippen LogP contribution in [0.1, 0.15) is 70.8 Å². The van der Waals surface area contributed by atoms with Crippen LogP contribution in [0.2, 0.25) is 0 Å². The normalized spacial score (nSPS) is 24.3.